The Morgan fingerprint density at radius 1 is 1.09 bits per heavy atom. The Labute approximate surface area is 134 Å². The van der Waals surface area contributed by atoms with E-state index in [1.54, 1.807) is 25.1 Å². The molecule has 0 radical (unpaired) electrons. The third-order valence-electron chi connectivity index (χ3n) is 3.52. The maximum atomic E-state index is 13.7. The molecule has 5 nitrogen and oxygen atoms in total. The molecule has 0 spiro atoms. The molecule has 0 aromatic heterocycles. The van der Waals surface area contributed by atoms with E-state index in [4.69, 9.17) is 9.47 Å². The number of nitrogens with one attached hydrogen (secondary N) is 1. The first-order valence-electron chi connectivity index (χ1n) is 7.14. The predicted molar refractivity (Wildman–Crippen MR) is 82.6 cm³/mol. The molecule has 0 bridgehead atoms. The van der Waals surface area contributed by atoms with Gasteiger partial charge in [0, 0.05) is 6.04 Å². The predicted octanol–water partition coefficient (Wildman–Crippen LogP) is 2.64. The average Bonchev–Trinajstić information content (AvgIpc) is 2.54. The highest BCUT2D eigenvalue weighted by molar-refractivity contribution is 7.89. The molecule has 2 aromatic rings. The Kier molecular flexibility index (Phi) is 4.23. The van der Waals surface area contributed by atoms with Crippen LogP contribution in [0.4, 0.5) is 4.39 Å². The number of hydrogen-bond donors (Lipinski definition) is 1. The van der Waals surface area contributed by atoms with Crippen LogP contribution >= 0.6 is 0 Å². The molecule has 1 heterocycles. The molecule has 0 fully saturated rings. The molecular formula is C16H16FNO4S. The van der Waals surface area contributed by atoms with Crippen molar-refractivity contribution in [3.8, 4) is 11.5 Å². The molecule has 7 heteroatoms. The molecule has 2 aromatic carbocycles. The van der Waals surface area contributed by atoms with Crippen LogP contribution in [0.15, 0.2) is 47.4 Å². The second kappa shape index (κ2) is 6.17. The molecule has 0 aliphatic carbocycles. The van der Waals surface area contributed by atoms with Crippen LogP contribution in [0.1, 0.15) is 18.5 Å². The highest BCUT2D eigenvalue weighted by Crippen LogP contribution is 2.33. The van der Waals surface area contributed by atoms with E-state index in [1.807, 2.05) is 0 Å². The first-order chi connectivity index (χ1) is 11.0. The van der Waals surface area contributed by atoms with E-state index in [9.17, 15) is 12.8 Å². The number of halogens is 1. The van der Waals surface area contributed by atoms with Crippen molar-refractivity contribution in [3.05, 3.63) is 53.8 Å². The number of benzene rings is 2. The average molecular weight is 337 g/mol. The van der Waals surface area contributed by atoms with Gasteiger partial charge < -0.3 is 9.47 Å². The summed E-state index contributed by atoms with van der Waals surface area (Å²) >= 11 is 0. The highest BCUT2D eigenvalue weighted by Gasteiger charge is 2.22. The van der Waals surface area contributed by atoms with Crippen LogP contribution in [-0.2, 0) is 10.0 Å². The van der Waals surface area contributed by atoms with Crippen molar-refractivity contribution in [2.24, 2.45) is 0 Å². The monoisotopic (exact) mass is 337 g/mol. The van der Waals surface area contributed by atoms with Crippen LogP contribution in [0.5, 0.6) is 11.5 Å². The van der Waals surface area contributed by atoms with Gasteiger partial charge >= 0.3 is 0 Å². The lowest BCUT2D eigenvalue weighted by molar-refractivity contribution is 0.171. The van der Waals surface area contributed by atoms with Gasteiger partial charge in [-0.25, -0.2) is 17.5 Å². The van der Waals surface area contributed by atoms with E-state index in [1.165, 1.54) is 18.2 Å². The summed E-state index contributed by atoms with van der Waals surface area (Å²) in [4.78, 5) is -0.371. The third kappa shape index (κ3) is 3.30. The first kappa shape index (κ1) is 15.8. The van der Waals surface area contributed by atoms with Crippen molar-refractivity contribution < 1.29 is 22.3 Å². The standard InChI is InChI=1S/C16H16FNO4S/c1-11(12-6-7-14-15(10-12)22-9-8-21-14)18-23(19,20)16-5-3-2-4-13(16)17/h2-7,10-11,18H,8-9H2,1H3/t11-/m0/s1. The van der Waals surface area contributed by atoms with Crippen LogP contribution < -0.4 is 14.2 Å². The number of ether oxygens (including phenoxy) is 2. The zero-order valence-corrected chi connectivity index (χ0v) is 13.3. The fourth-order valence-electron chi connectivity index (χ4n) is 2.36. The maximum Gasteiger partial charge on any atom is 0.244 e. The van der Waals surface area contributed by atoms with Crippen molar-refractivity contribution in [2.45, 2.75) is 17.9 Å². The van der Waals surface area contributed by atoms with Gasteiger partial charge in [-0.3, -0.25) is 0 Å². The van der Waals surface area contributed by atoms with Crippen LogP contribution in [0.2, 0.25) is 0 Å². The molecule has 0 amide bonds. The Balaban J connectivity index is 1.84. The van der Waals surface area contributed by atoms with Crippen molar-refractivity contribution >= 4 is 10.0 Å². The molecular weight excluding hydrogens is 321 g/mol. The van der Waals surface area contributed by atoms with E-state index in [0.717, 1.165) is 6.07 Å². The molecule has 0 saturated heterocycles. The lowest BCUT2D eigenvalue weighted by atomic mass is 10.1. The normalized spacial score (nSPS) is 15.2. The largest absolute Gasteiger partial charge is 0.486 e. The SMILES string of the molecule is C[C@H](NS(=O)(=O)c1ccccc1F)c1ccc2c(c1)OCCO2. The Morgan fingerprint density at radius 2 is 1.78 bits per heavy atom. The Bertz CT molecular complexity index is 823. The molecule has 122 valence electrons. The van der Waals surface area contributed by atoms with Crippen LogP contribution in [-0.4, -0.2) is 21.6 Å². The smallest absolute Gasteiger partial charge is 0.244 e. The van der Waals surface area contributed by atoms with Gasteiger partial charge in [-0.1, -0.05) is 18.2 Å². The second-order valence-corrected chi connectivity index (χ2v) is 6.86. The number of hydrogen-bond acceptors (Lipinski definition) is 4. The zero-order valence-electron chi connectivity index (χ0n) is 12.5. The molecule has 23 heavy (non-hydrogen) atoms. The minimum absolute atomic E-state index is 0.371. The Hall–Kier alpha value is -2.12. The molecule has 3 rings (SSSR count). The quantitative estimate of drug-likeness (QED) is 0.931. The van der Waals surface area contributed by atoms with Crippen LogP contribution in [0, 0.1) is 5.82 Å². The summed E-state index contributed by atoms with van der Waals surface area (Å²) in [6, 6.07) is 9.93. The Morgan fingerprint density at radius 3 is 2.52 bits per heavy atom. The molecule has 1 N–H and O–H groups in total. The zero-order chi connectivity index (χ0) is 16.4. The summed E-state index contributed by atoms with van der Waals surface area (Å²) < 4.78 is 51.7. The van der Waals surface area contributed by atoms with Crippen molar-refractivity contribution in [3.63, 3.8) is 0 Å². The van der Waals surface area contributed by atoms with Gasteiger partial charge in [0.25, 0.3) is 0 Å². The van der Waals surface area contributed by atoms with Gasteiger partial charge in [-0.05, 0) is 36.8 Å². The van der Waals surface area contributed by atoms with Gasteiger partial charge in [-0.2, -0.15) is 0 Å². The van der Waals surface area contributed by atoms with Gasteiger partial charge in [0.05, 0.1) is 0 Å². The van der Waals surface area contributed by atoms with Gasteiger partial charge in [0.15, 0.2) is 11.5 Å². The lowest BCUT2D eigenvalue weighted by Crippen LogP contribution is -2.27. The third-order valence-corrected chi connectivity index (χ3v) is 5.10. The highest BCUT2D eigenvalue weighted by atomic mass is 32.2. The van der Waals surface area contributed by atoms with Crippen LogP contribution in [0.25, 0.3) is 0 Å². The minimum Gasteiger partial charge on any atom is -0.486 e. The molecule has 0 unspecified atom stereocenters. The summed E-state index contributed by atoms with van der Waals surface area (Å²) in [7, 11) is -3.96. The second-order valence-electron chi connectivity index (χ2n) is 5.18. The van der Waals surface area contributed by atoms with Gasteiger partial charge in [-0.15, -0.1) is 0 Å². The number of rotatable bonds is 4. The van der Waals surface area contributed by atoms with Crippen LogP contribution in [0.3, 0.4) is 0 Å². The topological polar surface area (TPSA) is 64.6 Å². The van der Waals surface area contributed by atoms with Crippen molar-refractivity contribution in [1.29, 1.82) is 0 Å². The summed E-state index contributed by atoms with van der Waals surface area (Å²) in [5.41, 5.74) is 0.703. The molecule has 1 aliphatic rings. The summed E-state index contributed by atoms with van der Waals surface area (Å²) in [5.74, 6) is 0.421. The van der Waals surface area contributed by atoms with Gasteiger partial charge in [0.2, 0.25) is 10.0 Å². The van der Waals surface area contributed by atoms with Crippen molar-refractivity contribution in [2.75, 3.05) is 13.2 Å². The molecule has 1 atom stereocenters. The fourth-order valence-corrected chi connectivity index (χ4v) is 3.67. The molecule has 1 aliphatic heterocycles. The lowest BCUT2D eigenvalue weighted by Gasteiger charge is -2.21. The minimum atomic E-state index is -3.96. The van der Waals surface area contributed by atoms with Crippen molar-refractivity contribution in [1.82, 2.24) is 4.72 Å². The summed E-state index contributed by atoms with van der Waals surface area (Å²) in [6.45, 7) is 2.62. The number of fused-ring (bicyclic) bond motifs is 1. The van der Waals surface area contributed by atoms with E-state index in [-0.39, 0.29) is 4.90 Å². The van der Waals surface area contributed by atoms with E-state index in [0.29, 0.717) is 30.3 Å². The first-order valence-corrected chi connectivity index (χ1v) is 8.62. The summed E-state index contributed by atoms with van der Waals surface area (Å²) in [6.07, 6.45) is 0. The summed E-state index contributed by atoms with van der Waals surface area (Å²) in [5, 5.41) is 0. The van der Waals surface area contributed by atoms with Gasteiger partial charge in [0.1, 0.15) is 23.9 Å². The van der Waals surface area contributed by atoms with E-state index < -0.39 is 21.9 Å². The van der Waals surface area contributed by atoms with E-state index in [2.05, 4.69) is 4.72 Å². The van der Waals surface area contributed by atoms with E-state index >= 15 is 0 Å². The number of sulfonamides is 1. The maximum absolute atomic E-state index is 13.7. The molecule has 0 saturated carbocycles. The fraction of sp³-hybridized carbons (Fsp3) is 0.250.